The Morgan fingerprint density at radius 1 is 1.19 bits per heavy atom. The maximum absolute atomic E-state index is 12.6. The van der Waals surface area contributed by atoms with Gasteiger partial charge in [-0.25, -0.2) is 9.67 Å². The van der Waals surface area contributed by atoms with Crippen molar-refractivity contribution in [1.82, 2.24) is 19.9 Å². The van der Waals surface area contributed by atoms with E-state index in [0.717, 1.165) is 22.6 Å². The Labute approximate surface area is 183 Å². The van der Waals surface area contributed by atoms with Gasteiger partial charge >= 0.3 is 0 Å². The number of carbonyl (C=O) groups is 1. The van der Waals surface area contributed by atoms with E-state index in [9.17, 15) is 4.79 Å². The molecule has 0 atom stereocenters. The largest absolute Gasteiger partial charge is 0.489 e. The first-order valence-electron chi connectivity index (χ1n) is 9.57. The summed E-state index contributed by atoms with van der Waals surface area (Å²) in [5.41, 5.74) is 3.84. The van der Waals surface area contributed by atoms with E-state index in [1.54, 1.807) is 29.2 Å². The Kier molecular flexibility index (Phi) is 5.99. The Balaban J connectivity index is 1.39. The fourth-order valence-corrected chi connectivity index (χ4v) is 3.26. The maximum atomic E-state index is 12.6. The van der Waals surface area contributed by atoms with Gasteiger partial charge in [-0.3, -0.25) is 4.79 Å². The topological polar surface area (TPSA) is 95.1 Å². The molecular formula is C22H20ClN5O3. The highest BCUT2D eigenvalue weighted by Gasteiger charge is 2.12. The van der Waals surface area contributed by atoms with Gasteiger partial charge in [0, 0.05) is 5.02 Å². The van der Waals surface area contributed by atoms with Crippen LogP contribution in [-0.4, -0.2) is 25.8 Å². The lowest BCUT2D eigenvalue weighted by Gasteiger charge is -2.12. The van der Waals surface area contributed by atoms with Crippen molar-refractivity contribution in [1.29, 1.82) is 0 Å². The van der Waals surface area contributed by atoms with Crippen molar-refractivity contribution in [2.75, 3.05) is 5.32 Å². The number of nitrogens with zero attached hydrogens (tertiary/aromatic N) is 4. The monoisotopic (exact) mass is 437 g/mol. The van der Waals surface area contributed by atoms with Gasteiger partial charge in [0.05, 0.1) is 29.1 Å². The fraction of sp³-hybridized carbons (Fsp3) is 0.182. The number of ether oxygens (including phenoxy) is 1. The number of carbonyl (C=O) groups excluding carboxylic acids is 1. The summed E-state index contributed by atoms with van der Waals surface area (Å²) in [6.07, 6.45) is 3.18. The highest BCUT2D eigenvalue weighted by Crippen LogP contribution is 2.24. The number of halogens is 1. The molecule has 0 spiro atoms. The Morgan fingerprint density at radius 2 is 2.00 bits per heavy atom. The SMILES string of the molecule is Cc1noc(C)c1COc1ccc(CC(=O)Nc2cc(Cl)ccc2-n2cncn2)cc1. The summed E-state index contributed by atoms with van der Waals surface area (Å²) < 4.78 is 12.5. The van der Waals surface area contributed by atoms with Crippen LogP contribution in [0.1, 0.15) is 22.6 Å². The summed E-state index contributed by atoms with van der Waals surface area (Å²) in [6, 6.07) is 12.6. The number of nitrogens with one attached hydrogen (secondary N) is 1. The van der Waals surface area contributed by atoms with Gasteiger partial charge in [-0.15, -0.1) is 0 Å². The second kappa shape index (κ2) is 9.01. The molecular weight excluding hydrogens is 418 g/mol. The lowest BCUT2D eigenvalue weighted by Crippen LogP contribution is -2.16. The van der Waals surface area contributed by atoms with Gasteiger partial charge in [0.1, 0.15) is 30.8 Å². The molecule has 0 fully saturated rings. The van der Waals surface area contributed by atoms with Crippen molar-refractivity contribution in [3.8, 4) is 11.4 Å². The summed E-state index contributed by atoms with van der Waals surface area (Å²) in [5.74, 6) is 1.28. The lowest BCUT2D eigenvalue weighted by molar-refractivity contribution is -0.115. The van der Waals surface area contributed by atoms with Gasteiger partial charge in [0.2, 0.25) is 5.91 Å². The van der Waals surface area contributed by atoms with Crippen LogP contribution < -0.4 is 10.1 Å². The van der Waals surface area contributed by atoms with Crippen molar-refractivity contribution in [2.45, 2.75) is 26.9 Å². The first-order valence-corrected chi connectivity index (χ1v) is 9.95. The minimum atomic E-state index is -0.173. The van der Waals surface area contributed by atoms with Crippen molar-refractivity contribution in [3.05, 3.63) is 82.7 Å². The van der Waals surface area contributed by atoms with Gasteiger partial charge in [-0.05, 0) is 49.7 Å². The van der Waals surface area contributed by atoms with Crippen LogP contribution in [-0.2, 0) is 17.8 Å². The minimum absolute atomic E-state index is 0.173. The molecule has 1 N–H and O–H groups in total. The average Bonchev–Trinajstić information content (AvgIpc) is 3.38. The molecule has 2 aromatic heterocycles. The first kappa shape index (κ1) is 20.6. The van der Waals surface area contributed by atoms with Gasteiger partial charge in [-0.2, -0.15) is 5.10 Å². The van der Waals surface area contributed by atoms with Crippen LogP contribution in [0.5, 0.6) is 5.75 Å². The van der Waals surface area contributed by atoms with E-state index in [2.05, 4.69) is 20.6 Å². The molecule has 0 saturated heterocycles. The summed E-state index contributed by atoms with van der Waals surface area (Å²) >= 11 is 6.11. The number of anilines is 1. The molecule has 1 amide bonds. The lowest BCUT2D eigenvalue weighted by atomic mass is 10.1. The number of benzene rings is 2. The maximum Gasteiger partial charge on any atom is 0.228 e. The number of amides is 1. The highest BCUT2D eigenvalue weighted by atomic mass is 35.5. The van der Waals surface area contributed by atoms with E-state index in [1.807, 2.05) is 38.1 Å². The molecule has 158 valence electrons. The smallest absolute Gasteiger partial charge is 0.228 e. The molecule has 0 saturated carbocycles. The van der Waals surface area contributed by atoms with Crippen LogP contribution in [0.25, 0.3) is 5.69 Å². The summed E-state index contributed by atoms with van der Waals surface area (Å²) in [6.45, 7) is 4.11. The molecule has 0 radical (unpaired) electrons. The summed E-state index contributed by atoms with van der Waals surface area (Å²) in [5, 5.41) is 11.4. The van der Waals surface area contributed by atoms with Crippen molar-refractivity contribution in [2.24, 2.45) is 0 Å². The third-order valence-electron chi connectivity index (χ3n) is 4.75. The number of hydrogen-bond acceptors (Lipinski definition) is 6. The Hall–Kier alpha value is -3.65. The van der Waals surface area contributed by atoms with Crippen LogP contribution in [0.15, 0.2) is 59.6 Å². The molecule has 4 rings (SSSR count). The zero-order valence-electron chi connectivity index (χ0n) is 17.0. The van der Waals surface area contributed by atoms with E-state index in [4.69, 9.17) is 20.9 Å². The van der Waals surface area contributed by atoms with Gasteiger partial charge < -0.3 is 14.6 Å². The molecule has 4 aromatic rings. The van der Waals surface area contributed by atoms with Gasteiger partial charge in [0.15, 0.2) is 0 Å². The van der Waals surface area contributed by atoms with E-state index in [-0.39, 0.29) is 12.3 Å². The standard InChI is InChI=1S/C22H20ClN5O3/c1-14-19(15(2)31-27-14)11-30-18-6-3-16(4-7-18)9-22(29)26-20-10-17(23)5-8-21(20)28-13-24-12-25-28/h3-8,10,12-13H,9,11H2,1-2H3,(H,26,29). The molecule has 31 heavy (non-hydrogen) atoms. The van der Waals surface area contributed by atoms with Crippen LogP contribution in [0.2, 0.25) is 5.02 Å². The zero-order valence-corrected chi connectivity index (χ0v) is 17.8. The molecule has 0 aliphatic heterocycles. The number of rotatable bonds is 7. The fourth-order valence-electron chi connectivity index (χ4n) is 3.09. The second-order valence-electron chi connectivity index (χ2n) is 6.96. The van der Waals surface area contributed by atoms with E-state index in [0.29, 0.717) is 28.8 Å². The second-order valence-corrected chi connectivity index (χ2v) is 7.40. The van der Waals surface area contributed by atoms with Crippen molar-refractivity contribution in [3.63, 3.8) is 0 Å². The molecule has 0 bridgehead atoms. The van der Waals surface area contributed by atoms with E-state index >= 15 is 0 Å². The molecule has 9 heteroatoms. The minimum Gasteiger partial charge on any atom is -0.489 e. The van der Waals surface area contributed by atoms with Crippen molar-refractivity contribution >= 4 is 23.2 Å². The highest BCUT2D eigenvalue weighted by molar-refractivity contribution is 6.31. The molecule has 2 aromatic carbocycles. The van der Waals surface area contributed by atoms with Gasteiger partial charge in [-0.1, -0.05) is 28.9 Å². The van der Waals surface area contributed by atoms with Crippen LogP contribution in [0, 0.1) is 13.8 Å². The normalized spacial score (nSPS) is 10.8. The van der Waals surface area contributed by atoms with Crippen LogP contribution >= 0.6 is 11.6 Å². The molecule has 0 unspecified atom stereocenters. The van der Waals surface area contributed by atoms with Crippen molar-refractivity contribution < 1.29 is 14.1 Å². The third-order valence-corrected chi connectivity index (χ3v) is 4.99. The average molecular weight is 438 g/mol. The number of aromatic nitrogens is 4. The van der Waals surface area contributed by atoms with E-state index in [1.165, 1.54) is 6.33 Å². The predicted octanol–water partition coefficient (Wildman–Crippen LogP) is 4.29. The molecule has 0 aliphatic carbocycles. The molecule has 8 nitrogen and oxygen atoms in total. The van der Waals surface area contributed by atoms with E-state index < -0.39 is 0 Å². The summed E-state index contributed by atoms with van der Waals surface area (Å²) in [7, 11) is 0. The van der Waals surface area contributed by atoms with Crippen LogP contribution in [0.3, 0.4) is 0 Å². The molecule has 0 aliphatic rings. The predicted molar refractivity (Wildman–Crippen MR) is 115 cm³/mol. The Morgan fingerprint density at radius 3 is 2.68 bits per heavy atom. The summed E-state index contributed by atoms with van der Waals surface area (Å²) in [4.78, 5) is 16.6. The number of hydrogen-bond donors (Lipinski definition) is 1. The molecule has 2 heterocycles. The Bertz CT molecular complexity index is 1170. The zero-order chi connectivity index (χ0) is 21.8. The first-order chi connectivity index (χ1) is 15.0. The quantitative estimate of drug-likeness (QED) is 0.463. The van der Waals surface area contributed by atoms with Crippen LogP contribution in [0.4, 0.5) is 5.69 Å². The van der Waals surface area contributed by atoms with Gasteiger partial charge in [0.25, 0.3) is 0 Å². The third kappa shape index (κ3) is 4.92. The number of aryl methyl sites for hydroxylation is 2.